The molecular formula is C24H30N2O6S. The third-order valence-corrected chi connectivity index (χ3v) is 7.62. The second-order valence-corrected chi connectivity index (χ2v) is 10.8. The van der Waals surface area contributed by atoms with Gasteiger partial charge in [-0.1, -0.05) is 45.0 Å². The Morgan fingerprint density at radius 3 is 1.94 bits per heavy atom. The largest absolute Gasteiger partial charge is 0.493 e. The first kappa shape index (κ1) is 24.7. The van der Waals surface area contributed by atoms with Crippen LogP contribution >= 0.6 is 0 Å². The topological polar surface area (TPSA) is 93.2 Å². The maximum Gasteiger partial charge on any atom is 0.295 e. The van der Waals surface area contributed by atoms with E-state index in [-0.39, 0.29) is 36.5 Å². The van der Waals surface area contributed by atoms with Crippen LogP contribution in [-0.4, -0.2) is 69.7 Å². The van der Waals surface area contributed by atoms with Gasteiger partial charge in [-0.05, 0) is 23.1 Å². The minimum absolute atomic E-state index is 0.0543. The fourth-order valence-electron chi connectivity index (χ4n) is 3.65. The van der Waals surface area contributed by atoms with Crippen LogP contribution in [0.5, 0.6) is 11.5 Å². The van der Waals surface area contributed by atoms with Gasteiger partial charge in [-0.3, -0.25) is 9.59 Å². The highest BCUT2D eigenvalue weighted by atomic mass is 32.2. The van der Waals surface area contributed by atoms with Crippen LogP contribution in [0.25, 0.3) is 0 Å². The molecule has 1 aliphatic heterocycles. The summed E-state index contributed by atoms with van der Waals surface area (Å²) >= 11 is 0. The molecule has 2 aromatic carbocycles. The Morgan fingerprint density at radius 2 is 1.42 bits per heavy atom. The molecule has 1 amide bonds. The van der Waals surface area contributed by atoms with E-state index in [0.29, 0.717) is 17.1 Å². The van der Waals surface area contributed by atoms with Crippen molar-refractivity contribution in [3.63, 3.8) is 0 Å². The van der Waals surface area contributed by atoms with Gasteiger partial charge in [-0.2, -0.15) is 4.31 Å². The fourth-order valence-corrected chi connectivity index (χ4v) is 5.08. The molecule has 0 N–H and O–H groups in total. The minimum Gasteiger partial charge on any atom is -0.493 e. The Labute approximate surface area is 195 Å². The highest BCUT2D eigenvalue weighted by Crippen LogP contribution is 2.31. The number of Topliss-reactive ketones (excluding diaryl/α,β-unsaturated/α-hetero) is 1. The van der Waals surface area contributed by atoms with E-state index in [9.17, 15) is 18.0 Å². The summed E-state index contributed by atoms with van der Waals surface area (Å²) in [5.41, 5.74) is 1.34. The van der Waals surface area contributed by atoms with Crippen LogP contribution in [-0.2, 0) is 20.2 Å². The molecule has 3 rings (SSSR count). The number of ether oxygens (including phenoxy) is 2. The van der Waals surface area contributed by atoms with Gasteiger partial charge in [0.05, 0.1) is 19.1 Å². The van der Waals surface area contributed by atoms with Crippen molar-refractivity contribution in [2.75, 3.05) is 40.4 Å². The zero-order valence-electron chi connectivity index (χ0n) is 19.6. The first-order valence-electron chi connectivity index (χ1n) is 10.7. The molecule has 1 saturated heterocycles. The first-order valence-corrected chi connectivity index (χ1v) is 12.1. The van der Waals surface area contributed by atoms with Crippen molar-refractivity contribution in [1.29, 1.82) is 0 Å². The van der Waals surface area contributed by atoms with Crippen molar-refractivity contribution >= 4 is 21.7 Å². The number of amides is 1. The number of ketones is 1. The van der Waals surface area contributed by atoms with E-state index in [2.05, 4.69) is 20.8 Å². The molecule has 0 aromatic heterocycles. The number of hydrogen-bond donors (Lipinski definition) is 0. The Bertz CT molecular complexity index is 1130. The van der Waals surface area contributed by atoms with Crippen LogP contribution in [0.3, 0.4) is 0 Å². The summed E-state index contributed by atoms with van der Waals surface area (Å²) in [6.07, 6.45) is 0. The predicted octanol–water partition coefficient (Wildman–Crippen LogP) is 2.72. The average Bonchev–Trinajstić information content (AvgIpc) is 2.82. The quantitative estimate of drug-likeness (QED) is 0.472. The number of methoxy groups -OCH3 is 2. The molecular weight excluding hydrogens is 444 g/mol. The van der Waals surface area contributed by atoms with E-state index in [1.807, 2.05) is 12.1 Å². The Morgan fingerprint density at radius 1 is 0.848 bits per heavy atom. The molecule has 9 heteroatoms. The number of hydrogen-bond acceptors (Lipinski definition) is 6. The monoisotopic (exact) mass is 474 g/mol. The van der Waals surface area contributed by atoms with Crippen molar-refractivity contribution in [2.45, 2.75) is 31.1 Å². The van der Waals surface area contributed by atoms with Gasteiger partial charge in [0.15, 0.2) is 11.5 Å². The zero-order chi connectivity index (χ0) is 24.4. The maximum absolute atomic E-state index is 13.1. The van der Waals surface area contributed by atoms with Gasteiger partial charge in [0, 0.05) is 37.8 Å². The van der Waals surface area contributed by atoms with Gasteiger partial charge >= 0.3 is 0 Å². The van der Waals surface area contributed by atoms with E-state index in [1.54, 1.807) is 12.1 Å². The molecule has 0 bridgehead atoms. The van der Waals surface area contributed by atoms with E-state index in [0.717, 1.165) is 5.56 Å². The molecule has 1 heterocycles. The third kappa shape index (κ3) is 5.20. The van der Waals surface area contributed by atoms with E-state index < -0.39 is 21.7 Å². The molecule has 0 saturated carbocycles. The highest BCUT2D eigenvalue weighted by Gasteiger charge is 2.33. The molecule has 0 spiro atoms. The molecule has 33 heavy (non-hydrogen) atoms. The standard InChI is InChI=1S/C24H30N2O6S/c1-24(2,3)18-8-6-17(7-9-18)22(27)23(28)25-12-14-26(15-13-25)33(29,30)19-10-11-20(31-4)21(16-19)32-5/h6-11,16H,12-15H2,1-5H3. The van der Waals surface area contributed by atoms with E-state index in [1.165, 1.54) is 41.6 Å². The van der Waals surface area contributed by atoms with Crippen LogP contribution in [0.4, 0.5) is 0 Å². The maximum atomic E-state index is 13.1. The summed E-state index contributed by atoms with van der Waals surface area (Å²) in [5, 5.41) is 0. The highest BCUT2D eigenvalue weighted by molar-refractivity contribution is 7.89. The van der Waals surface area contributed by atoms with Crippen molar-refractivity contribution in [2.24, 2.45) is 0 Å². The molecule has 178 valence electrons. The molecule has 1 aliphatic rings. The second-order valence-electron chi connectivity index (χ2n) is 8.87. The second kappa shape index (κ2) is 9.52. The van der Waals surface area contributed by atoms with Crippen LogP contribution in [0.1, 0.15) is 36.7 Å². The smallest absolute Gasteiger partial charge is 0.295 e. The van der Waals surface area contributed by atoms with Crippen molar-refractivity contribution < 1.29 is 27.5 Å². The molecule has 0 atom stereocenters. The van der Waals surface area contributed by atoms with Crippen LogP contribution in [0.15, 0.2) is 47.4 Å². The fraction of sp³-hybridized carbons (Fsp3) is 0.417. The summed E-state index contributed by atoms with van der Waals surface area (Å²) in [7, 11) is -0.874. The average molecular weight is 475 g/mol. The van der Waals surface area contributed by atoms with Crippen molar-refractivity contribution in [3.05, 3.63) is 53.6 Å². The Hall–Kier alpha value is -2.91. The lowest BCUT2D eigenvalue weighted by Crippen LogP contribution is -2.52. The summed E-state index contributed by atoms with van der Waals surface area (Å²) in [4.78, 5) is 26.9. The third-order valence-electron chi connectivity index (χ3n) is 5.73. The predicted molar refractivity (Wildman–Crippen MR) is 124 cm³/mol. The number of carbonyl (C=O) groups is 2. The minimum atomic E-state index is -3.79. The van der Waals surface area contributed by atoms with Gasteiger partial charge in [0.1, 0.15) is 0 Å². The van der Waals surface area contributed by atoms with Crippen molar-refractivity contribution in [1.82, 2.24) is 9.21 Å². The lowest BCUT2D eigenvalue weighted by molar-refractivity contribution is -0.127. The van der Waals surface area contributed by atoms with Gasteiger partial charge in [0.2, 0.25) is 15.8 Å². The van der Waals surface area contributed by atoms with Crippen LogP contribution < -0.4 is 9.47 Å². The summed E-state index contributed by atoms with van der Waals surface area (Å²) < 4.78 is 37.8. The van der Waals surface area contributed by atoms with Crippen LogP contribution in [0.2, 0.25) is 0 Å². The SMILES string of the molecule is COc1ccc(S(=O)(=O)N2CCN(C(=O)C(=O)c3ccc(C(C)(C)C)cc3)CC2)cc1OC. The summed E-state index contributed by atoms with van der Waals surface area (Å²) in [6, 6.07) is 11.4. The van der Waals surface area contributed by atoms with Gasteiger partial charge in [-0.15, -0.1) is 0 Å². The zero-order valence-corrected chi connectivity index (χ0v) is 20.4. The molecule has 0 aliphatic carbocycles. The van der Waals surface area contributed by atoms with Gasteiger partial charge in [0.25, 0.3) is 5.91 Å². The first-order chi connectivity index (χ1) is 15.5. The lowest BCUT2D eigenvalue weighted by atomic mass is 9.86. The van der Waals surface area contributed by atoms with Gasteiger partial charge in [-0.25, -0.2) is 8.42 Å². The van der Waals surface area contributed by atoms with Crippen molar-refractivity contribution in [3.8, 4) is 11.5 Å². The molecule has 2 aromatic rings. The number of benzene rings is 2. The number of carbonyl (C=O) groups excluding carboxylic acids is 2. The molecule has 0 unspecified atom stereocenters. The summed E-state index contributed by atoms with van der Waals surface area (Å²) in [6.45, 7) is 6.69. The van der Waals surface area contributed by atoms with E-state index in [4.69, 9.17) is 9.47 Å². The Balaban J connectivity index is 1.67. The number of rotatable bonds is 6. The molecule has 1 fully saturated rings. The molecule has 8 nitrogen and oxygen atoms in total. The normalized spacial score (nSPS) is 15.2. The number of nitrogens with zero attached hydrogens (tertiary/aromatic N) is 2. The lowest BCUT2D eigenvalue weighted by Gasteiger charge is -2.33. The number of piperazine rings is 1. The Kier molecular flexibility index (Phi) is 7.14. The van der Waals surface area contributed by atoms with E-state index >= 15 is 0 Å². The number of sulfonamides is 1. The van der Waals surface area contributed by atoms with Crippen LogP contribution in [0, 0.1) is 0 Å². The van der Waals surface area contributed by atoms with Gasteiger partial charge < -0.3 is 14.4 Å². The molecule has 0 radical (unpaired) electrons. The summed E-state index contributed by atoms with van der Waals surface area (Å²) in [5.74, 6) is -0.468.